The molecule has 10 rings (SSSR count). The number of hydrogen-bond donors (Lipinski definition) is 2. The van der Waals surface area contributed by atoms with Crippen molar-refractivity contribution in [2.24, 2.45) is 17.8 Å². The molecule has 0 saturated carbocycles. The molecule has 2 N–H and O–H groups in total. The molecule has 8 heterocycles. The maximum absolute atomic E-state index is 17.0. The van der Waals surface area contributed by atoms with Gasteiger partial charge in [-0.1, -0.05) is 31.0 Å². The van der Waals surface area contributed by atoms with Gasteiger partial charge in [-0.05, 0) is 112 Å². The number of aromatic hydroxyl groups is 1. The van der Waals surface area contributed by atoms with E-state index in [1.54, 1.807) is 11.1 Å². The Morgan fingerprint density at radius 3 is 2.45 bits per heavy atom. The van der Waals surface area contributed by atoms with Crippen LogP contribution >= 0.6 is 0 Å². The molecule has 5 aliphatic heterocycles. The quantitative estimate of drug-likeness (QED) is 0.0916. The molecule has 0 spiro atoms. The highest BCUT2D eigenvalue weighted by Crippen LogP contribution is 2.40. The lowest BCUT2D eigenvalue weighted by atomic mass is 9.83. The number of phenols is 1. The van der Waals surface area contributed by atoms with Crippen molar-refractivity contribution in [2.75, 3.05) is 68.8 Å². The molecule has 5 fully saturated rings. The van der Waals surface area contributed by atoms with Crippen LogP contribution in [0.1, 0.15) is 88.9 Å². The summed E-state index contributed by atoms with van der Waals surface area (Å²) in [4.78, 5) is 47.8. The predicted molar refractivity (Wildman–Crippen MR) is 251 cm³/mol. The van der Waals surface area contributed by atoms with Crippen molar-refractivity contribution >= 4 is 45.5 Å². The third kappa shape index (κ3) is 9.00. The van der Waals surface area contributed by atoms with Crippen molar-refractivity contribution in [1.82, 2.24) is 35.2 Å². The number of aldehydes is 1. The zero-order chi connectivity index (χ0) is 46.3. The molecule has 3 unspecified atom stereocenters. The SMILES string of the molecule is C#Cc1c(F)ccc2cc(O)cc(-c3ncc4c(N5CC6CCC(C5)N6)nc(OCCN5CCC(CC6CCN(c7cc(C(C(=O)N8CCC[C@H]8C=O)C(C)C)on7)CC6)CC5)nc4c3F)c12. The minimum Gasteiger partial charge on any atom is -0.508 e. The number of nitrogens with zero attached hydrogens (tertiary/aromatic N) is 8. The predicted octanol–water partition coefficient (Wildman–Crippen LogP) is 7.07. The van der Waals surface area contributed by atoms with Crippen molar-refractivity contribution < 1.29 is 32.7 Å². The van der Waals surface area contributed by atoms with Crippen molar-refractivity contribution in [3.63, 3.8) is 0 Å². The molecule has 0 aliphatic carbocycles. The Hall–Kier alpha value is -5.92. The molecular weight excluding hydrogens is 857 g/mol. The number of phenolic OH excluding ortho intramolecular Hbond substituents is 1. The number of nitrogens with one attached hydrogen (secondary N) is 1. The van der Waals surface area contributed by atoms with Gasteiger partial charge in [0.15, 0.2) is 17.4 Å². The largest absolute Gasteiger partial charge is 0.508 e. The van der Waals surface area contributed by atoms with Gasteiger partial charge >= 0.3 is 6.01 Å². The van der Waals surface area contributed by atoms with E-state index >= 15 is 4.39 Å². The number of piperidine rings is 2. The molecule has 16 heteroatoms. The summed E-state index contributed by atoms with van der Waals surface area (Å²) in [7, 11) is 0. The van der Waals surface area contributed by atoms with Gasteiger partial charge in [0, 0.05) is 74.6 Å². The molecule has 2 bridgehead atoms. The third-order valence-electron chi connectivity index (χ3n) is 15.1. The summed E-state index contributed by atoms with van der Waals surface area (Å²) in [5, 5.41) is 19.9. The van der Waals surface area contributed by atoms with Gasteiger partial charge in [-0.25, -0.2) is 8.78 Å². The molecule has 1 amide bonds. The van der Waals surface area contributed by atoms with Gasteiger partial charge in [0.25, 0.3) is 0 Å². The van der Waals surface area contributed by atoms with Gasteiger partial charge in [0.2, 0.25) is 5.91 Å². The first-order valence-electron chi connectivity index (χ1n) is 24.2. The molecule has 0 radical (unpaired) electrons. The molecule has 14 nitrogen and oxygen atoms in total. The van der Waals surface area contributed by atoms with Crippen molar-refractivity contribution in [2.45, 2.75) is 95.7 Å². The molecule has 2 aromatic carbocycles. The number of rotatable bonds is 13. The summed E-state index contributed by atoms with van der Waals surface area (Å²) in [5.74, 6) is 3.59. The van der Waals surface area contributed by atoms with E-state index in [2.05, 4.69) is 41.1 Å². The number of amides is 1. The molecule has 67 heavy (non-hydrogen) atoms. The number of carbonyl (C=O) groups is 2. The highest BCUT2D eigenvalue weighted by molar-refractivity contribution is 6.03. The third-order valence-corrected chi connectivity index (χ3v) is 15.1. The number of likely N-dealkylation sites (tertiary alicyclic amines) is 2. The lowest BCUT2D eigenvalue weighted by molar-refractivity contribution is -0.137. The second-order valence-corrected chi connectivity index (χ2v) is 19.7. The summed E-state index contributed by atoms with van der Waals surface area (Å²) < 4.78 is 44.1. The van der Waals surface area contributed by atoms with Gasteiger partial charge in [0.1, 0.15) is 47.4 Å². The Bertz CT molecular complexity index is 2680. The second-order valence-electron chi connectivity index (χ2n) is 19.7. The van der Waals surface area contributed by atoms with Crippen LogP contribution < -0.4 is 19.9 Å². The summed E-state index contributed by atoms with van der Waals surface area (Å²) in [6, 6.07) is 7.80. The number of hydrogen-bond acceptors (Lipinski definition) is 13. The van der Waals surface area contributed by atoms with Crippen LogP contribution in [-0.4, -0.2) is 124 Å². The first-order valence-corrected chi connectivity index (χ1v) is 24.2. The highest BCUT2D eigenvalue weighted by atomic mass is 19.1. The van der Waals surface area contributed by atoms with Crippen LogP contribution in [0.15, 0.2) is 41.1 Å². The number of anilines is 2. The van der Waals surface area contributed by atoms with E-state index in [1.807, 2.05) is 19.9 Å². The van der Waals surface area contributed by atoms with Crippen LogP contribution in [0.3, 0.4) is 0 Å². The van der Waals surface area contributed by atoms with E-state index in [0.29, 0.717) is 85.5 Å². The monoisotopic (exact) mass is 915 g/mol. The van der Waals surface area contributed by atoms with Crippen LogP contribution in [0.5, 0.6) is 11.8 Å². The second kappa shape index (κ2) is 19.0. The van der Waals surface area contributed by atoms with E-state index in [0.717, 1.165) is 83.2 Å². The topological polar surface area (TPSA) is 153 Å². The van der Waals surface area contributed by atoms with Crippen molar-refractivity contribution in [3.05, 3.63) is 59.5 Å². The van der Waals surface area contributed by atoms with Gasteiger partial charge in [-0.2, -0.15) is 9.97 Å². The number of ether oxygens (including phenoxy) is 1. The van der Waals surface area contributed by atoms with E-state index < -0.39 is 17.6 Å². The first-order chi connectivity index (χ1) is 32.5. The van der Waals surface area contributed by atoms with Crippen LogP contribution in [0.2, 0.25) is 0 Å². The summed E-state index contributed by atoms with van der Waals surface area (Å²) in [6.07, 6.45) is 17.4. The number of piperazine rings is 1. The Balaban J connectivity index is 0.766. The van der Waals surface area contributed by atoms with Crippen molar-refractivity contribution in [1.29, 1.82) is 0 Å². The van der Waals surface area contributed by atoms with E-state index in [-0.39, 0.29) is 57.4 Å². The summed E-state index contributed by atoms with van der Waals surface area (Å²) >= 11 is 0. The van der Waals surface area contributed by atoms with Crippen LogP contribution in [0.25, 0.3) is 32.9 Å². The molecule has 352 valence electrons. The molecule has 5 aromatic rings. The number of pyridine rings is 1. The number of carbonyl (C=O) groups excluding carboxylic acids is 2. The smallest absolute Gasteiger partial charge is 0.319 e. The number of terminal acetylenes is 1. The highest BCUT2D eigenvalue weighted by Gasteiger charge is 2.38. The fraction of sp³-hybridized carbons (Fsp3) is 0.529. The molecule has 4 atom stereocenters. The standard InChI is InChI=1S/C51H59F2N9O5/c1-4-38-41(52)10-7-33-23-37(64)24-39(45(33)38)47-46(53)48-40(26-54-47)49(61-27-34-8-9-35(28-61)55-34)57-51(56-48)66-21-20-59-16-11-31(12-17-59)22-32-13-18-60(19-14-32)43-25-42(67-58-43)44(30(2)3)50(65)62-15-5-6-36(62)29-63/h1,7,10,23-26,29-32,34-36,44,55,64H,5-6,8-9,11-22,27-28H2,2-3H3/t34?,35?,36-,44?/m0/s1. The molecular formula is C51H59F2N9O5. The number of fused-ring (bicyclic) bond motifs is 4. The molecule has 5 saturated heterocycles. The Morgan fingerprint density at radius 1 is 0.985 bits per heavy atom. The average Bonchev–Trinajstić information content (AvgIpc) is 4.10. The maximum atomic E-state index is 17.0. The van der Waals surface area contributed by atoms with Crippen molar-refractivity contribution in [3.8, 4) is 35.4 Å². The number of aromatic nitrogens is 4. The number of halogens is 2. The Labute approximate surface area is 389 Å². The minimum absolute atomic E-state index is 0.00813. The fourth-order valence-electron chi connectivity index (χ4n) is 11.5. The van der Waals surface area contributed by atoms with Gasteiger partial charge in [0.05, 0.1) is 17.0 Å². The van der Waals surface area contributed by atoms with Gasteiger partial charge in [-0.3, -0.25) is 14.7 Å². The normalized spacial score (nSPS) is 22.3. The molecule has 3 aromatic heterocycles. The average molecular weight is 916 g/mol. The van der Waals surface area contributed by atoms with E-state index in [1.165, 1.54) is 30.7 Å². The fourth-order valence-corrected chi connectivity index (χ4v) is 11.5. The van der Waals surface area contributed by atoms with Gasteiger partial charge < -0.3 is 39.2 Å². The van der Waals surface area contributed by atoms with E-state index in [9.17, 15) is 19.1 Å². The maximum Gasteiger partial charge on any atom is 0.319 e. The Morgan fingerprint density at radius 2 is 1.73 bits per heavy atom. The lowest BCUT2D eigenvalue weighted by Crippen LogP contribution is -2.51. The van der Waals surface area contributed by atoms with E-state index in [4.69, 9.17) is 20.7 Å². The lowest BCUT2D eigenvalue weighted by Gasteiger charge is -2.36. The summed E-state index contributed by atoms with van der Waals surface area (Å²) in [6.45, 7) is 10.7. The number of benzene rings is 2. The van der Waals surface area contributed by atoms with Crippen LogP contribution in [0, 0.1) is 41.7 Å². The molecule has 5 aliphatic rings. The zero-order valence-corrected chi connectivity index (χ0v) is 38.3. The van der Waals surface area contributed by atoms with Crippen LogP contribution in [-0.2, 0) is 9.59 Å². The summed E-state index contributed by atoms with van der Waals surface area (Å²) in [5.41, 5.74) is 0.0456. The van der Waals surface area contributed by atoms with Crippen LogP contribution in [0.4, 0.5) is 20.4 Å². The minimum atomic E-state index is -0.737. The zero-order valence-electron chi connectivity index (χ0n) is 38.3. The Kier molecular flexibility index (Phi) is 12.7. The van der Waals surface area contributed by atoms with Gasteiger partial charge in [-0.15, -0.1) is 6.42 Å². The first kappa shape index (κ1) is 44.9.